The van der Waals surface area contributed by atoms with Crippen molar-refractivity contribution in [2.24, 2.45) is 0 Å². The van der Waals surface area contributed by atoms with Gasteiger partial charge in [0.25, 0.3) is 5.91 Å². The molecular weight excluding hydrogens is 360 g/mol. The highest BCUT2D eigenvalue weighted by molar-refractivity contribution is 7.09. The summed E-state index contributed by atoms with van der Waals surface area (Å²) in [6.07, 6.45) is 5.90. The fraction of sp³-hybridized carbons (Fsp3) is 0.524. The zero-order valence-corrected chi connectivity index (χ0v) is 17.2. The van der Waals surface area contributed by atoms with Gasteiger partial charge < -0.3 is 14.4 Å². The van der Waals surface area contributed by atoms with Crippen LogP contribution in [0.4, 0.5) is 0 Å². The normalized spacial score (nSPS) is 14.8. The van der Waals surface area contributed by atoms with Crippen LogP contribution in [-0.2, 0) is 6.61 Å². The first kappa shape index (κ1) is 19.7. The number of aryl methyl sites for hydroxylation is 1. The van der Waals surface area contributed by atoms with E-state index in [1.54, 1.807) is 24.5 Å². The van der Waals surface area contributed by atoms with E-state index in [-0.39, 0.29) is 5.91 Å². The Hall–Kier alpha value is -2.08. The maximum Gasteiger partial charge on any atom is 0.254 e. The van der Waals surface area contributed by atoms with Crippen molar-refractivity contribution in [3.8, 4) is 11.5 Å². The molecule has 0 unspecified atom stereocenters. The van der Waals surface area contributed by atoms with Gasteiger partial charge in [-0.3, -0.25) is 4.79 Å². The Morgan fingerprint density at radius 3 is 2.67 bits per heavy atom. The Kier molecular flexibility index (Phi) is 6.72. The van der Waals surface area contributed by atoms with Crippen LogP contribution in [0, 0.1) is 6.92 Å². The molecule has 0 atom stereocenters. The molecule has 1 heterocycles. The van der Waals surface area contributed by atoms with E-state index in [1.807, 2.05) is 29.3 Å². The number of hydrogen-bond acceptors (Lipinski definition) is 5. The number of carbonyl (C=O) groups is 1. The summed E-state index contributed by atoms with van der Waals surface area (Å²) < 4.78 is 11.3. The molecule has 146 valence electrons. The van der Waals surface area contributed by atoms with Crippen molar-refractivity contribution < 1.29 is 14.3 Å². The van der Waals surface area contributed by atoms with Crippen LogP contribution in [0.1, 0.15) is 60.1 Å². The standard InChI is InChI=1S/C21H28N2O3S/c1-4-23(18-8-6-5-7-9-18)21(24)16-10-11-19(20(12-16)25-3)26-13-17-14-27-15(2)22-17/h10-12,14,18H,4-9,13H2,1-3H3. The summed E-state index contributed by atoms with van der Waals surface area (Å²) in [5, 5.41) is 3.01. The maximum absolute atomic E-state index is 13.1. The molecule has 0 spiro atoms. The van der Waals surface area contributed by atoms with E-state index in [2.05, 4.69) is 11.9 Å². The molecule has 1 aromatic heterocycles. The smallest absolute Gasteiger partial charge is 0.254 e. The second kappa shape index (κ2) is 9.22. The van der Waals surface area contributed by atoms with Gasteiger partial charge in [-0.15, -0.1) is 11.3 Å². The minimum absolute atomic E-state index is 0.0735. The molecule has 0 radical (unpaired) electrons. The van der Waals surface area contributed by atoms with E-state index in [9.17, 15) is 4.79 Å². The summed E-state index contributed by atoms with van der Waals surface area (Å²) in [6.45, 7) is 5.14. The number of ether oxygens (including phenoxy) is 2. The van der Waals surface area contributed by atoms with Gasteiger partial charge in [0.15, 0.2) is 11.5 Å². The second-order valence-corrected chi connectivity index (χ2v) is 7.96. The topological polar surface area (TPSA) is 51.7 Å². The van der Waals surface area contributed by atoms with Crippen LogP contribution < -0.4 is 9.47 Å². The van der Waals surface area contributed by atoms with Gasteiger partial charge in [0, 0.05) is 23.5 Å². The number of carbonyl (C=O) groups excluding carboxylic acids is 1. The molecule has 27 heavy (non-hydrogen) atoms. The molecule has 5 nitrogen and oxygen atoms in total. The first-order chi connectivity index (χ1) is 13.1. The van der Waals surface area contributed by atoms with E-state index in [1.165, 1.54) is 19.3 Å². The SMILES string of the molecule is CCN(C(=O)c1ccc(OCc2csc(C)n2)c(OC)c1)C1CCCCC1. The molecule has 1 amide bonds. The molecule has 0 aliphatic heterocycles. The molecule has 0 bridgehead atoms. The number of nitrogens with zero attached hydrogens (tertiary/aromatic N) is 2. The zero-order chi connectivity index (χ0) is 19.2. The van der Waals surface area contributed by atoms with Crippen LogP contribution in [0.5, 0.6) is 11.5 Å². The first-order valence-electron chi connectivity index (χ1n) is 9.65. The van der Waals surface area contributed by atoms with Crippen molar-refractivity contribution in [2.45, 2.75) is 58.6 Å². The molecule has 0 N–H and O–H groups in total. The van der Waals surface area contributed by atoms with Gasteiger partial charge in [0.2, 0.25) is 0 Å². The van der Waals surface area contributed by atoms with Crippen LogP contribution in [0.3, 0.4) is 0 Å². The average molecular weight is 389 g/mol. The number of hydrogen-bond donors (Lipinski definition) is 0. The first-order valence-corrected chi connectivity index (χ1v) is 10.5. The molecule has 2 aromatic rings. The van der Waals surface area contributed by atoms with Crippen molar-refractivity contribution in [1.82, 2.24) is 9.88 Å². The molecule has 1 aromatic carbocycles. The minimum Gasteiger partial charge on any atom is -0.493 e. The number of thiazole rings is 1. The highest BCUT2D eigenvalue weighted by atomic mass is 32.1. The zero-order valence-electron chi connectivity index (χ0n) is 16.4. The van der Waals surface area contributed by atoms with Gasteiger partial charge in [0.1, 0.15) is 6.61 Å². The van der Waals surface area contributed by atoms with Crippen molar-refractivity contribution >= 4 is 17.2 Å². The van der Waals surface area contributed by atoms with E-state index in [4.69, 9.17) is 9.47 Å². The Balaban J connectivity index is 1.72. The Morgan fingerprint density at radius 2 is 2.04 bits per heavy atom. The Bertz CT molecular complexity index is 769. The third-order valence-corrected chi connectivity index (χ3v) is 5.89. The summed E-state index contributed by atoms with van der Waals surface area (Å²) >= 11 is 1.60. The van der Waals surface area contributed by atoms with E-state index in [0.717, 1.165) is 30.1 Å². The molecule has 1 aliphatic rings. The summed E-state index contributed by atoms with van der Waals surface area (Å²) in [6, 6.07) is 5.79. The van der Waals surface area contributed by atoms with Crippen LogP contribution in [0.2, 0.25) is 0 Å². The van der Waals surface area contributed by atoms with Gasteiger partial charge >= 0.3 is 0 Å². The number of aromatic nitrogens is 1. The predicted octanol–water partition coefficient (Wildman–Crippen LogP) is 4.83. The van der Waals surface area contributed by atoms with Gasteiger partial charge in [-0.2, -0.15) is 0 Å². The molecule has 6 heteroatoms. The Labute approximate surface area is 165 Å². The fourth-order valence-corrected chi connectivity index (χ4v) is 4.27. The number of benzene rings is 1. The fourth-order valence-electron chi connectivity index (χ4n) is 3.67. The molecule has 1 fully saturated rings. The lowest BCUT2D eigenvalue weighted by molar-refractivity contribution is 0.0647. The third-order valence-electron chi connectivity index (χ3n) is 5.07. The molecule has 1 saturated carbocycles. The van der Waals surface area contributed by atoms with Crippen molar-refractivity contribution in [1.29, 1.82) is 0 Å². The molecular formula is C21H28N2O3S. The third kappa shape index (κ3) is 4.80. The van der Waals surface area contributed by atoms with Crippen LogP contribution in [0.25, 0.3) is 0 Å². The number of amides is 1. The van der Waals surface area contributed by atoms with Crippen LogP contribution in [0.15, 0.2) is 23.6 Å². The van der Waals surface area contributed by atoms with E-state index < -0.39 is 0 Å². The average Bonchev–Trinajstić information content (AvgIpc) is 3.12. The van der Waals surface area contributed by atoms with E-state index >= 15 is 0 Å². The molecule has 3 rings (SSSR count). The lowest BCUT2D eigenvalue weighted by Crippen LogP contribution is -2.41. The van der Waals surface area contributed by atoms with Gasteiger partial charge in [-0.05, 0) is 44.9 Å². The molecule has 0 saturated heterocycles. The summed E-state index contributed by atoms with van der Waals surface area (Å²) in [5.74, 6) is 1.28. The summed E-state index contributed by atoms with van der Waals surface area (Å²) in [7, 11) is 1.60. The van der Waals surface area contributed by atoms with Crippen molar-refractivity contribution in [2.75, 3.05) is 13.7 Å². The lowest BCUT2D eigenvalue weighted by Gasteiger charge is -2.33. The van der Waals surface area contributed by atoms with Crippen LogP contribution >= 0.6 is 11.3 Å². The number of rotatable bonds is 7. The van der Waals surface area contributed by atoms with Crippen molar-refractivity contribution in [3.05, 3.63) is 39.8 Å². The lowest BCUT2D eigenvalue weighted by atomic mass is 9.93. The van der Waals surface area contributed by atoms with Crippen LogP contribution in [-0.4, -0.2) is 35.5 Å². The highest BCUT2D eigenvalue weighted by Gasteiger charge is 2.25. The molecule has 1 aliphatic carbocycles. The summed E-state index contributed by atoms with van der Waals surface area (Å²) in [4.78, 5) is 19.5. The monoisotopic (exact) mass is 388 g/mol. The quantitative estimate of drug-likeness (QED) is 0.681. The maximum atomic E-state index is 13.1. The number of methoxy groups -OCH3 is 1. The van der Waals surface area contributed by atoms with Crippen molar-refractivity contribution in [3.63, 3.8) is 0 Å². The van der Waals surface area contributed by atoms with E-state index in [0.29, 0.717) is 29.7 Å². The van der Waals surface area contributed by atoms with Gasteiger partial charge in [-0.1, -0.05) is 19.3 Å². The predicted molar refractivity (Wildman–Crippen MR) is 108 cm³/mol. The highest BCUT2D eigenvalue weighted by Crippen LogP contribution is 2.31. The minimum atomic E-state index is 0.0735. The Morgan fingerprint density at radius 1 is 1.26 bits per heavy atom. The summed E-state index contributed by atoms with van der Waals surface area (Å²) in [5.41, 5.74) is 1.55. The second-order valence-electron chi connectivity index (χ2n) is 6.90. The van der Waals surface area contributed by atoms with Gasteiger partial charge in [-0.25, -0.2) is 4.98 Å². The van der Waals surface area contributed by atoms with Gasteiger partial charge in [0.05, 0.1) is 17.8 Å². The largest absolute Gasteiger partial charge is 0.493 e.